The van der Waals surface area contributed by atoms with Gasteiger partial charge in [0.2, 0.25) is 0 Å². The molecule has 2 rings (SSSR count). The van der Waals surface area contributed by atoms with Crippen molar-refractivity contribution in [3.05, 3.63) is 35.9 Å². The second-order valence-electron chi connectivity index (χ2n) is 3.89. The molecule has 0 saturated carbocycles. The van der Waals surface area contributed by atoms with Gasteiger partial charge >= 0.3 is 0 Å². The van der Waals surface area contributed by atoms with E-state index in [2.05, 4.69) is 34.0 Å². The van der Waals surface area contributed by atoms with E-state index in [1.165, 1.54) is 0 Å². The lowest BCUT2D eigenvalue weighted by Crippen LogP contribution is -2.26. The van der Waals surface area contributed by atoms with Crippen LogP contribution >= 0.6 is 0 Å². The zero-order valence-electron chi connectivity index (χ0n) is 9.51. The first kappa shape index (κ1) is 10.6. The Morgan fingerprint density at radius 1 is 1.12 bits per heavy atom. The van der Waals surface area contributed by atoms with E-state index in [1.807, 2.05) is 32.0 Å². The van der Waals surface area contributed by atoms with E-state index in [-0.39, 0.29) is 5.92 Å². The van der Waals surface area contributed by atoms with Gasteiger partial charge in [0.15, 0.2) is 5.66 Å². The predicted molar refractivity (Wildman–Crippen MR) is 68.0 cm³/mol. The van der Waals surface area contributed by atoms with Gasteiger partial charge in [-0.25, -0.2) is 0 Å². The number of aliphatic imine (C=N–C) groups is 2. The molecular formula is C14H14N2. The number of hydrogen-bond acceptors (Lipinski definition) is 2. The molecule has 1 aromatic carbocycles. The summed E-state index contributed by atoms with van der Waals surface area (Å²) in [6, 6.07) is 10.2. The van der Waals surface area contributed by atoms with Crippen molar-refractivity contribution in [1.82, 2.24) is 0 Å². The van der Waals surface area contributed by atoms with Crippen LogP contribution in [0.1, 0.15) is 25.3 Å². The van der Waals surface area contributed by atoms with Gasteiger partial charge in [-0.2, -0.15) is 0 Å². The number of nitrogens with zero attached hydrogens (tertiary/aromatic N) is 2. The highest BCUT2D eigenvalue weighted by atomic mass is 15.1. The Hall–Kier alpha value is -1.88. The molecule has 1 unspecified atom stereocenters. The molecule has 0 spiro atoms. The van der Waals surface area contributed by atoms with Crippen molar-refractivity contribution >= 4 is 12.4 Å². The third kappa shape index (κ3) is 1.90. The van der Waals surface area contributed by atoms with Crippen LogP contribution < -0.4 is 0 Å². The summed E-state index contributed by atoms with van der Waals surface area (Å²) in [7, 11) is 0. The maximum atomic E-state index is 4.41. The minimum absolute atomic E-state index is 0.0219. The zero-order valence-corrected chi connectivity index (χ0v) is 9.51. The number of rotatable bonds is 2. The maximum absolute atomic E-state index is 4.41. The van der Waals surface area contributed by atoms with Crippen molar-refractivity contribution < 1.29 is 0 Å². The second kappa shape index (κ2) is 4.32. The van der Waals surface area contributed by atoms with Crippen molar-refractivity contribution in [2.75, 3.05) is 0 Å². The molecule has 1 aliphatic heterocycles. The van der Waals surface area contributed by atoms with Gasteiger partial charge in [-0.1, -0.05) is 36.3 Å². The summed E-state index contributed by atoms with van der Waals surface area (Å²) in [6.07, 6.45) is 3.49. The lowest BCUT2D eigenvalue weighted by atomic mass is 9.88. The monoisotopic (exact) mass is 210 g/mol. The lowest BCUT2D eigenvalue weighted by molar-refractivity contribution is 0.468. The van der Waals surface area contributed by atoms with Gasteiger partial charge in [-0.3, -0.25) is 9.98 Å². The predicted octanol–water partition coefficient (Wildman–Crippen LogP) is 2.66. The van der Waals surface area contributed by atoms with E-state index in [4.69, 9.17) is 0 Å². The van der Waals surface area contributed by atoms with Crippen molar-refractivity contribution in [3.63, 3.8) is 0 Å². The molecule has 80 valence electrons. The zero-order chi connectivity index (χ0) is 11.4. The molecule has 0 amide bonds. The Kier molecular flexibility index (Phi) is 2.87. The molecule has 0 saturated heterocycles. The summed E-state index contributed by atoms with van der Waals surface area (Å²) >= 11 is 0. The Balaban J connectivity index is 2.42. The molecule has 1 heterocycles. The van der Waals surface area contributed by atoms with Crippen LogP contribution in [-0.4, -0.2) is 18.1 Å². The SMILES string of the molecule is CC#CC(c1ccccc1)C1(C)N=CC=N1. The van der Waals surface area contributed by atoms with Crippen molar-refractivity contribution in [2.45, 2.75) is 25.4 Å². The Morgan fingerprint density at radius 2 is 1.75 bits per heavy atom. The normalized spacial score (nSPS) is 17.9. The third-order valence-corrected chi connectivity index (χ3v) is 2.71. The second-order valence-corrected chi connectivity index (χ2v) is 3.89. The van der Waals surface area contributed by atoms with Crippen LogP contribution in [0, 0.1) is 11.8 Å². The molecular weight excluding hydrogens is 196 g/mol. The molecule has 1 atom stereocenters. The molecule has 0 radical (unpaired) electrons. The van der Waals surface area contributed by atoms with Crippen molar-refractivity contribution in [2.24, 2.45) is 9.98 Å². The van der Waals surface area contributed by atoms with Gasteiger partial charge in [0, 0.05) is 12.4 Å². The van der Waals surface area contributed by atoms with E-state index < -0.39 is 5.66 Å². The first-order chi connectivity index (χ1) is 7.76. The molecule has 0 bridgehead atoms. The fourth-order valence-electron chi connectivity index (χ4n) is 1.88. The summed E-state index contributed by atoms with van der Waals surface area (Å²) < 4.78 is 0. The van der Waals surface area contributed by atoms with Crippen LogP contribution in [0.4, 0.5) is 0 Å². The Bertz CT molecular complexity index is 462. The third-order valence-electron chi connectivity index (χ3n) is 2.71. The molecule has 0 aromatic heterocycles. The lowest BCUT2D eigenvalue weighted by Gasteiger charge is -2.25. The molecule has 2 nitrogen and oxygen atoms in total. The smallest absolute Gasteiger partial charge is 0.165 e. The summed E-state index contributed by atoms with van der Waals surface area (Å²) in [6.45, 7) is 3.86. The Labute approximate surface area is 96.1 Å². The van der Waals surface area contributed by atoms with Gasteiger partial charge in [0.1, 0.15) is 0 Å². The molecule has 0 fully saturated rings. The highest BCUT2D eigenvalue weighted by molar-refractivity contribution is 6.17. The fraction of sp³-hybridized carbons (Fsp3) is 0.286. The summed E-state index contributed by atoms with van der Waals surface area (Å²) in [5.74, 6) is 6.20. The van der Waals surface area contributed by atoms with Gasteiger partial charge in [-0.15, -0.1) is 5.92 Å². The van der Waals surface area contributed by atoms with Gasteiger partial charge in [-0.05, 0) is 19.4 Å². The average molecular weight is 210 g/mol. The van der Waals surface area contributed by atoms with E-state index in [0.29, 0.717) is 0 Å². The molecule has 2 heteroatoms. The van der Waals surface area contributed by atoms with Crippen LogP contribution in [0.3, 0.4) is 0 Å². The molecule has 1 aromatic rings. The maximum Gasteiger partial charge on any atom is 0.165 e. The quantitative estimate of drug-likeness (QED) is 0.670. The van der Waals surface area contributed by atoms with Crippen molar-refractivity contribution in [3.8, 4) is 11.8 Å². The summed E-state index contributed by atoms with van der Waals surface area (Å²) in [4.78, 5) is 8.83. The van der Waals surface area contributed by atoms with Gasteiger partial charge < -0.3 is 0 Å². The van der Waals surface area contributed by atoms with E-state index >= 15 is 0 Å². The summed E-state index contributed by atoms with van der Waals surface area (Å²) in [5.41, 5.74) is 0.695. The molecule has 1 aliphatic rings. The van der Waals surface area contributed by atoms with Crippen molar-refractivity contribution in [1.29, 1.82) is 0 Å². The number of hydrogen-bond donors (Lipinski definition) is 0. The fourth-order valence-corrected chi connectivity index (χ4v) is 1.88. The topological polar surface area (TPSA) is 24.7 Å². The van der Waals surface area contributed by atoms with E-state index in [9.17, 15) is 0 Å². The van der Waals surface area contributed by atoms with Crippen LogP contribution in [0.15, 0.2) is 40.3 Å². The van der Waals surface area contributed by atoms with E-state index in [1.54, 1.807) is 12.4 Å². The molecule has 0 aliphatic carbocycles. The van der Waals surface area contributed by atoms with Crippen LogP contribution in [-0.2, 0) is 0 Å². The first-order valence-corrected chi connectivity index (χ1v) is 5.32. The van der Waals surface area contributed by atoms with Gasteiger partial charge in [0.05, 0.1) is 5.92 Å². The average Bonchev–Trinajstić information content (AvgIpc) is 2.75. The standard InChI is InChI=1S/C14H14N2/c1-3-7-13(12-8-5-4-6-9-12)14(2)15-10-11-16-14/h4-6,8-11,13H,1-2H3. The van der Waals surface area contributed by atoms with Crippen LogP contribution in [0.5, 0.6) is 0 Å². The van der Waals surface area contributed by atoms with Crippen LogP contribution in [0.25, 0.3) is 0 Å². The number of benzene rings is 1. The minimum Gasteiger partial charge on any atom is -0.260 e. The minimum atomic E-state index is -0.468. The highest BCUT2D eigenvalue weighted by Gasteiger charge is 2.34. The summed E-state index contributed by atoms with van der Waals surface area (Å²) in [5, 5.41) is 0. The Morgan fingerprint density at radius 3 is 2.31 bits per heavy atom. The largest absolute Gasteiger partial charge is 0.260 e. The molecule has 0 N–H and O–H groups in total. The highest BCUT2D eigenvalue weighted by Crippen LogP contribution is 2.33. The van der Waals surface area contributed by atoms with Gasteiger partial charge in [0.25, 0.3) is 0 Å². The van der Waals surface area contributed by atoms with E-state index in [0.717, 1.165) is 5.56 Å². The molecule has 16 heavy (non-hydrogen) atoms. The first-order valence-electron chi connectivity index (χ1n) is 5.32. The van der Waals surface area contributed by atoms with Crippen LogP contribution in [0.2, 0.25) is 0 Å².